The van der Waals surface area contributed by atoms with E-state index < -0.39 is 0 Å². The van der Waals surface area contributed by atoms with Gasteiger partial charge in [-0.2, -0.15) is 0 Å². The number of anilines is 1. The zero-order valence-corrected chi connectivity index (χ0v) is 8.66. The van der Waals surface area contributed by atoms with Crippen molar-refractivity contribution in [2.75, 3.05) is 5.32 Å². The molecule has 1 nitrogen and oxygen atoms in total. The normalized spacial score (nSPS) is 33.9. The van der Waals surface area contributed by atoms with Crippen LogP contribution in [-0.4, -0.2) is 6.04 Å². The number of aryl methyl sites for hydroxylation is 1. The predicted molar refractivity (Wildman–Crippen MR) is 59.4 cm³/mol. The van der Waals surface area contributed by atoms with Crippen LogP contribution < -0.4 is 5.32 Å². The molecule has 3 rings (SSSR count). The Hall–Kier alpha value is -0.980. The molecule has 1 aromatic rings. The molecule has 3 atom stereocenters. The van der Waals surface area contributed by atoms with E-state index in [1.807, 2.05) is 0 Å². The second-order valence-electron chi connectivity index (χ2n) is 4.86. The topological polar surface area (TPSA) is 12.0 Å². The Kier molecular flexibility index (Phi) is 1.79. The molecule has 2 fully saturated rings. The fourth-order valence-corrected chi connectivity index (χ4v) is 2.83. The van der Waals surface area contributed by atoms with Gasteiger partial charge in [0.25, 0.3) is 0 Å². The van der Waals surface area contributed by atoms with Crippen molar-refractivity contribution >= 4 is 5.69 Å². The molecule has 1 N–H and O–H groups in total. The summed E-state index contributed by atoms with van der Waals surface area (Å²) in [7, 11) is 0. The third-order valence-electron chi connectivity index (χ3n) is 3.71. The summed E-state index contributed by atoms with van der Waals surface area (Å²) in [4.78, 5) is 0. The Bertz CT molecular complexity index is 345. The van der Waals surface area contributed by atoms with Crippen molar-refractivity contribution in [3.8, 4) is 0 Å². The smallest absolute Gasteiger partial charge is 0.0345 e. The van der Waals surface area contributed by atoms with Crippen LogP contribution >= 0.6 is 0 Å². The van der Waals surface area contributed by atoms with Gasteiger partial charge in [0.1, 0.15) is 0 Å². The lowest BCUT2D eigenvalue weighted by Crippen LogP contribution is -2.18. The average molecular weight is 187 g/mol. The molecule has 2 aliphatic carbocycles. The molecule has 1 heteroatoms. The molecule has 0 spiro atoms. The molecular formula is C13H17N. The molecule has 0 saturated heterocycles. The number of rotatable bonds is 2. The Balaban J connectivity index is 1.71. The first-order chi connectivity index (χ1) is 6.83. The SMILES string of the molecule is Cc1cccc(NC2CC[C@@H]3C[C@H]23)c1. The summed E-state index contributed by atoms with van der Waals surface area (Å²) in [5, 5.41) is 3.67. The molecule has 0 amide bonds. The van der Waals surface area contributed by atoms with Crippen LogP contribution in [0.4, 0.5) is 5.69 Å². The van der Waals surface area contributed by atoms with E-state index in [0.717, 1.165) is 17.9 Å². The molecule has 14 heavy (non-hydrogen) atoms. The highest BCUT2D eigenvalue weighted by molar-refractivity contribution is 5.46. The van der Waals surface area contributed by atoms with Crippen LogP contribution in [-0.2, 0) is 0 Å². The first-order valence-electron chi connectivity index (χ1n) is 5.66. The van der Waals surface area contributed by atoms with E-state index in [1.165, 1.54) is 30.5 Å². The molecule has 0 aromatic heterocycles. The molecule has 1 aromatic carbocycles. The number of benzene rings is 1. The third kappa shape index (κ3) is 1.41. The van der Waals surface area contributed by atoms with Crippen LogP contribution in [0.2, 0.25) is 0 Å². The van der Waals surface area contributed by atoms with Crippen molar-refractivity contribution in [1.29, 1.82) is 0 Å². The van der Waals surface area contributed by atoms with Crippen LogP contribution in [0, 0.1) is 18.8 Å². The van der Waals surface area contributed by atoms with Gasteiger partial charge in [-0.1, -0.05) is 12.1 Å². The van der Waals surface area contributed by atoms with Crippen LogP contribution in [0.1, 0.15) is 24.8 Å². The van der Waals surface area contributed by atoms with Gasteiger partial charge in [0.15, 0.2) is 0 Å². The van der Waals surface area contributed by atoms with Gasteiger partial charge < -0.3 is 5.32 Å². The van der Waals surface area contributed by atoms with E-state index in [-0.39, 0.29) is 0 Å². The summed E-state index contributed by atoms with van der Waals surface area (Å²) >= 11 is 0. The van der Waals surface area contributed by atoms with Gasteiger partial charge in [0.2, 0.25) is 0 Å². The molecule has 1 unspecified atom stereocenters. The maximum Gasteiger partial charge on any atom is 0.0345 e. The fourth-order valence-electron chi connectivity index (χ4n) is 2.83. The van der Waals surface area contributed by atoms with Gasteiger partial charge in [-0.25, -0.2) is 0 Å². The first-order valence-corrected chi connectivity index (χ1v) is 5.66. The zero-order valence-electron chi connectivity index (χ0n) is 8.66. The van der Waals surface area contributed by atoms with Crippen LogP contribution in [0.15, 0.2) is 24.3 Å². The van der Waals surface area contributed by atoms with E-state index in [4.69, 9.17) is 0 Å². The van der Waals surface area contributed by atoms with Crippen molar-refractivity contribution in [2.24, 2.45) is 11.8 Å². The van der Waals surface area contributed by atoms with E-state index in [9.17, 15) is 0 Å². The van der Waals surface area contributed by atoms with Crippen LogP contribution in [0.5, 0.6) is 0 Å². The Morgan fingerprint density at radius 1 is 1.29 bits per heavy atom. The maximum atomic E-state index is 3.67. The molecule has 0 heterocycles. The van der Waals surface area contributed by atoms with Gasteiger partial charge in [0, 0.05) is 11.7 Å². The van der Waals surface area contributed by atoms with Crippen LogP contribution in [0.3, 0.4) is 0 Å². The lowest BCUT2D eigenvalue weighted by Gasteiger charge is -2.15. The molecule has 0 aliphatic heterocycles. The van der Waals surface area contributed by atoms with Gasteiger partial charge in [-0.3, -0.25) is 0 Å². The quantitative estimate of drug-likeness (QED) is 0.749. The minimum atomic E-state index is 0.766. The van der Waals surface area contributed by atoms with E-state index in [2.05, 4.69) is 36.5 Å². The lowest BCUT2D eigenvalue weighted by atomic mass is 10.1. The summed E-state index contributed by atoms with van der Waals surface area (Å²) in [6.07, 6.45) is 4.31. The molecule has 2 saturated carbocycles. The van der Waals surface area contributed by atoms with Gasteiger partial charge in [0.05, 0.1) is 0 Å². The second kappa shape index (κ2) is 3.01. The standard InChI is InChI=1S/C13H17N/c1-9-3-2-4-11(7-9)14-13-6-5-10-8-12(10)13/h2-4,7,10,12-14H,5-6,8H2,1H3/t10-,12+,13?/m1/s1. The minimum Gasteiger partial charge on any atom is -0.382 e. The first kappa shape index (κ1) is 8.34. The molecule has 0 radical (unpaired) electrons. The van der Waals surface area contributed by atoms with Gasteiger partial charge in [-0.05, 0) is 55.7 Å². The number of nitrogens with one attached hydrogen (secondary N) is 1. The van der Waals surface area contributed by atoms with Gasteiger partial charge in [-0.15, -0.1) is 0 Å². The lowest BCUT2D eigenvalue weighted by molar-refractivity contribution is 0.654. The third-order valence-corrected chi connectivity index (χ3v) is 3.71. The Morgan fingerprint density at radius 3 is 2.86 bits per heavy atom. The van der Waals surface area contributed by atoms with Crippen molar-refractivity contribution in [1.82, 2.24) is 0 Å². The van der Waals surface area contributed by atoms with E-state index >= 15 is 0 Å². The van der Waals surface area contributed by atoms with Crippen molar-refractivity contribution < 1.29 is 0 Å². The maximum absolute atomic E-state index is 3.67. The summed E-state index contributed by atoms with van der Waals surface area (Å²) in [6.45, 7) is 2.15. The number of hydrogen-bond acceptors (Lipinski definition) is 1. The summed E-state index contributed by atoms with van der Waals surface area (Å²) in [5.74, 6) is 2.06. The summed E-state index contributed by atoms with van der Waals surface area (Å²) in [5.41, 5.74) is 2.66. The number of fused-ring (bicyclic) bond motifs is 1. The number of hydrogen-bond donors (Lipinski definition) is 1. The molecular weight excluding hydrogens is 170 g/mol. The summed E-state index contributed by atoms with van der Waals surface area (Å²) in [6, 6.07) is 9.48. The Labute approximate surface area is 85.5 Å². The van der Waals surface area contributed by atoms with Crippen molar-refractivity contribution in [2.45, 2.75) is 32.2 Å². The van der Waals surface area contributed by atoms with E-state index in [0.29, 0.717) is 0 Å². The highest BCUT2D eigenvalue weighted by atomic mass is 15.0. The van der Waals surface area contributed by atoms with Crippen molar-refractivity contribution in [3.05, 3.63) is 29.8 Å². The average Bonchev–Trinajstić information content (AvgIpc) is 2.84. The highest BCUT2D eigenvalue weighted by Gasteiger charge is 2.47. The van der Waals surface area contributed by atoms with E-state index in [1.54, 1.807) is 0 Å². The highest BCUT2D eigenvalue weighted by Crippen LogP contribution is 2.52. The van der Waals surface area contributed by atoms with Crippen molar-refractivity contribution in [3.63, 3.8) is 0 Å². The summed E-state index contributed by atoms with van der Waals surface area (Å²) < 4.78 is 0. The zero-order chi connectivity index (χ0) is 9.54. The predicted octanol–water partition coefficient (Wildman–Crippen LogP) is 3.21. The Morgan fingerprint density at radius 2 is 2.21 bits per heavy atom. The monoisotopic (exact) mass is 187 g/mol. The minimum absolute atomic E-state index is 0.766. The fraction of sp³-hybridized carbons (Fsp3) is 0.538. The van der Waals surface area contributed by atoms with Gasteiger partial charge >= 0.3 is 0 Å². The largest absolute Gasteiger partial charge is 0.382 e. The molecule has 0 bridgehead atoms. The molecule has 2 aliphatic rings. The van der Waals surface area contributed by atoms with Crippen LogP contribution in [0.25, 0.3) is 0 Å². The molecule has 74 valence electrons. The second-order valence-corrected chi connectivity index (χ2v) is 4.86.